The average Bonchev–Trinajstić information content (AvgIpc) is 2.74. The largest absolute Gasteiger partial charge is 0.379 e. The summed E-state index contributed by atoms with van der Waals surface area (Å²) < 4.78 is 5.35. The molecule has 1 aromatic rings. The van der Waals surface area contributed by atoms with Crippen LogP contribution in [0.25, 0.3) is 0 Å². The minimum Gasteiger partial charge on any atom is -0.379 e. The number of rotatable bonds is 6. The molecular formula is C22H36IN5O2. The number of nitrogens with one attached hydrogen (secondary N) is 2. The zero-order chi connectivity index (χ0) is 20.5. The first-order chi connectivity index (χ1) is 14.1. The lowest BCUT2D eigenvalue weighted by Gasteiger charge is -2.33. The maximum Gasteiger partial charge on any atom is 0.225 e. The standard InChI is InChI=1S/C22H35N5O2.HI/c1-18-5-4-9-27(17-18)22(23-2)24-16-19-6-3-7-20(15-19)25-21(28)8-10-26-11-13-29-14-12-26;/h3,6-7,15,18H,4-5,8-14,16-17H2,1-2H3,(H,23,24)(H,25,28);1H. The third-order valence-corrected chi connectivity index (χ3v) is 5.59. The molecule has 2 heterocycles. The van der Waals surface area contributed by atoms with E-state index in [9.17, 15) is 4.79 Å². The molecule has 1 amide bonds. The molecule has 7 nitrogen and oxygen atoms in total. The molecule has 8 heteroatoms. The second kappa shape index (κ2) is 13.1. The summed E-state index contributed by atoms with van der Waals surface area (Å²) in [5, 5.41) is 6.50. The van der Waals surface area contributed by atoms with Crippen molar-refractivity contribution in [3.05, 3.63) is 29.8 Å². The molecule has 3 rings (SSSR count). The summed E-state index contributed by atoms with van der Waals surface area (Å²) in [5.41, 5.74) is 1.97. The Balaban J connectivity index is 0.00000320. The molecule has 1 atom stereocenters. The van der Waals surface area contributed by atoms with E-state index < -0.39 is 0 Å². The Bertz CT molecular complexity index is 694. The molecule has 0 aliphatic carbocycles. The maximum absolute atomic E-state index is 12.3. The number of amides is 1. The molecule has 2 aliphatic heterocycles. The van der Waals surface area contributed by atoms with Gasteiger partial charge in [-0.3, -0.25) is 14.7 Å². The maximum atomic E-state index is 12.3. The molecule has 168 valence electrons. The molecule has 2 fully saturated rings. The number of guanidine groups is 1. The number of morpholine rings is 1. The zero-order valence-electron chi connectivity index (χ0n) is 18.2. The Labute approximate surface area is 197 Å². The number of anilines is 1. The van der Waals surface area contributed by atoms with Gasteiger partial charge in [-0.05, 0) is 36.5 Å². The molecule has 0 spiro atoms. The molecule has 0 saturated carbocycles. The van der Waals surface area contributed by atoms with Crippen LogP contribution in [0.5, 0.6) is 0 Å². The number of carbonyl (C=O) groups excluding carboxylic acids is 1. The predicted octanol–water partition coefficient (Wildman–Crippen LogP) is 2.77. The lowest BCUT2D eigenvalue weighted by atomic mass is 10.0. The Hall–Kier alpha value is -1.39. The van der Waals surface area contributed by atoms with Gasteiger partial charge in [0.15, 0.2) is 5.96 Å². The van der Waals surface area contributed by atoms with E-state index in [0.717, 1.165) is 63.1 Å². The van der Waals surface area contributed by atoms with Crippen molar-refractivity contribution in [1.29, 1.82) is 0 Å². The van der Waals surface area contributed by atoms with E-state index in [4.69, 9.17) is 4.74 Å². The Morgan fingerprint density at radius 1 is 1.27 bits per heavy atom. The Kier molecular flexibility index (Phi) is 10.9. The van der Waals surface area contributed by atoms with Gasteiger partial charge in [-0.2, -0.15) is 0 Å². The number of hydrogen-bond donors (Lipinski definition) is 2. The first-order valence-electron chi connectivity index (χ1n) is 10.8. The van der Waals surface area contributed by atoms with Gasteiger partial charge in [-0.1, -0.05) is 19.1 Å². The second-order valence-corrected chi connectivity index (χ2v) is 8.05. The van der Waals surface area contributed by atoms with Crippen LogP contribution in [0.15, 0.2) is 29.3 Å². The number of carbonyl (C=O) groups is 1. The van der Waals surface area contributed by atoms with Gasteiger partial charge in [0.05, 0.1) is 13.2 Å². The smallest absolute Gasteiger partial charge is 0.225 e. The van der Waals surface area contributed by atoms with Gasteiger partial charge in [0.2, 0.25) is 5.91 Å². The van der Waals surface area contributed by atoms with Gasteiger partial charge in [0.25, 0.3) is 0 Å². The Morgan fingerprint density at radius 3 is 2.80 bits per heavy atom. The monoisotopic (exact) mass is 529 g/mol. The highest BCUT2D eigenvalue weighted by Gasteiger charge is 2.19. The predicted molar refractivity (Wildman–Crippen MR) is 133 cm³/mol. The SMILES string of the molecule is CN=C(NCc1cccc(NC(=O)CCN2CCOCC2)c1)N1CCCC(C)C1.I. The fourth-order valence-corrected chi connectivity index (χ4v) is 3.96. The summed E-state index contributed by atoms with van der Waals surface area (Å²) >= 11 is 0. The average molecular weight is 529 g/mol. The quantitative estimate of drug-likeness (QED) is 0.337. The van der Waals surface area contributed by atoms with Crippen LogP contribution < -0.4 is 10.6 Å². The van der Waals surface area contributed by atoms with Gasteiger partial charge in [0, 0.05) is 58.4 Å². The summed E-state index contributed by atoms with van der Waals surface area (Å²) in [6, 6.07) is 8.03. The van der Waals surface area contributed by atoms with Crippen molar-refractivity contribution in [2.24, 2.45) is 10.9 Å². The third-order valence-electron chi connectivity index (χ3n) is 5.59. The number of benzene rings is 1. The molecule has 1 unspecified atom stereocenters. The number of likely N-dealkylation sites (tertiary alicyclic amines) is 1. The Morgan fingerprint density at radius 2 is 2.07 bits per heavy atom. The molecular weight excluding hydrogens is 493 g/mol. The lowest BCUT2D eigenvalue weighted by molar-refractivity contribution is -0.116. The van der Waals surface area contributed by atoms with Gasteiger partial charge in [-0.25, -0.2) is 0 Å². The number of nitrogens with zero attached hydrogens (tertiary/aromatic N) is 3. The van der Waals surface area contributed by atoms with E-state index in [1.165, 1.54) is 12.8 Å². The van der Waals surface area contributed by atoms with Crippen molar-refractivity contribution < 1.29 is 9.53 Å². The first-order valence-corrected chi connectivity index (χ1v) is 10.8. The van der Waals surface area contributed by atoms with Gasteiger partial charge < -0.3 is 20.3 Å². The van der Waals surface area contributed by atoms with Crippen LogP contribution in [0.1, 0.15) is 31.7 Å². The normalized spacial score (nSPS) is 20.4. The van der Waals surface area contributed by atoms with Crippen LogP contribution in [-0.2, 0) is 16.1 Å². The summed E-state index contributed by atoms with van der Waals surface area (Å²) in [5.74, 6) is 1.72. The number of hydrogen-bond acceptors (Lipinski definition) is 4. The molecule has 2 saturated heterocycles. The van der Waals surface area contributed by atoms with Crippen LogP contribution >= 0.6 is 24.0 Å². The molecule has 2 N–H and O–H groups in total. The third kappa shape index (κ3) is 8.03. The van der Waals surface area contributed by atoms with Crippen LogP contribution in [0.2, 0.25) is 0 Å². The summed E-state index contributed by atoms with van der Waals surface area (Å²) in [6.07, 6.45) is 3.01. The van der Waals surface area contributed by atoms with Gasteiger partial charge in [0.1, 0.15) is 0 Å². The highest BCUT2D eigenvalue weighted by molar-refractivity contribution is 14.0. The highest BCUT2D eigenvalue weighted by Crippen LogP contribution is 2.16. The number of aliphatic imine (C=N–C) groups is 1. The van der Waals surface area contributed by atoms with Crippen molar-refractivity contribution in [2.75, 3.05) is 58.3 Å². The molecule has 0 bridgehead atoms. The van der Waals surface area contributed by atoms with Crippen molar-refractivity contribution in [1.82, 2.24) is 15.1 Å². The summed E-state index contributed by atoms with van der Waals surface area (Å²) in [7, 11) is 1.84. The fourth-order valence-electron chi connectivity index (χ4n) is 3.96. The van der Waals surface area contributed by atoms with E-state index in [-0.39, 0.29) is 29.9 Å². The van der Waals surface area contributed by atoms with Crippen LogP contribution in [0, 0.1) is 5.92 Å². The summed E-state index contributed by atoms with van der Waals surface area (Å²) in [4.78, 5) is 21.4. The minimum atomic E-state index is 0. The van der Waals surface area contributed by atoms with Crippen LogP contribution in [-0.4, -0.2) is 74.7 Å². The van der Waals surface area contributed by atoms with E-state index in [1.807, 2.05) is 25.2 Å². The van der Waals surface area contributed by atoms with E-state index in [0.29, 0.717) is 18.9 Å². The second-order valence-electron chi connectivity index (χ2n) is 8.05. The number of piperidine rings is 1. The number of ether oxygens (including phenoxy) is 1. The van der Waals surface area contributed by atoms with Crippen molar-refractivity contribution in [2.45, 2.75) is 32.7 Å². The fraction of sp³-hybridized carbons (Fsp3) is 0.636. The van der Waals surface area contributed by atoms with Crippen molar-refractivity contribution >= 4 is 41.5 Å². The molecule has 0 radical (unpaired) electrons. The molecule has 2 aliphatic rings. The summed E-state index contributed by atoms with van der Waals surface area (Å²) in [6.45, 7) is 9.21. The van der Waals surface area contributed by atoms with Gasteiger partial charge >= 0.3 is 0 Å². The van der Waals surface area contributed by atoms with E-state index >= 15 is 0 Å². The molecule has 1 aromatic carbocycles. The van der Waals surface area contributed by atoms with Gasteiger partial charge in [-0.15, -0.1) is 24.0 Å². The highest BCUT2D eigenvalue weighted by atomic mass is 127. The van der Waals surface area contributed by atoms with E-state index in [1.54, 1.807) is 0 Å². The van der Waals surface area contributed by atoms with Crippen LogP contribution in [0.3, 0.4) is 0 Å². The molecule has 30 heavy (non-hydrogen) atoms. The van der Waals surface area contributed by atoms with Crippen molar-refractivity contribution in [3.8, 4) is 0 Å². The number of halogens is 1. The first kappa shape index (κ1) is 24.9. The topological polar surface area (TPSA) is 69.2 Å². The molecule has 0 aromatic heterocycles. The lowest BCUT2D eigenvalue weighted by Crippen LogP contribution is -2.45. The van der Waals surface area contributed by atoms with Crippen LogP contribution in [0.4, 0.5) is 5.69 Å². The minimum absolute atomic E-state index is 0. The van der Waals surface area contributed by atoms with E-state index in [2.05, 4.69) is 38.4 Å². The van der Waals surface area contributed by atoms with Crippen molar-refractivity contribution in [3.63, 3.8) is 0 Å². The zero-order valence-corrected chi connectivity index (χ0v) is 20.6.